The Kier molecular flexibility index (Phi) is 4.54. The number of aromatic nitrogens is 4. The van der Waals surface area contributed by atoms with Crippen LogP contribution < -0.4 is 0 Å². The maximum atomic E-state index is 13.6. The second kappa shape index (κ2) is 7.69. The zero-order valence-corrected chi connectivity index (χ0v) is 17.1. The zero-order valence-electron chi connectivity index (χ0n) is 17.1. The third-order valence-corrected chi connectivity index (χ3v) is 5.67. The van der Waals surface area contributed by atoms with Crippen molar-refractivity contribution in [1.29, 1.82) is 0 Å². The molecule has 6 rings (SSSR count). The van der Waals surface area contributed by atoms with Crippen molar-refractivity contribution in [2.75, 3.05) is 13.2 Å². The fourth-order valence-corrected chi connectivity index (χ4v) is 3.98. The van der Waals surface area contributed by atoms with Crippen molar-refractivity contribution < 1.29 is 13.5 Å². The molecule has 0 radical (unpaired) electrons. The van der Waals surface area contributed by atoms with Crippen LogP contribution in [0, 0.1) is 11.7 Å². The van der Waals surface area contributed by atoms with Gasteiger partial charge in [0.25, 0.3) is 0 Å². The number of halogens is 1. The minimum absolute atomic E-state index is 0.284. The van der Waals surface area contributed by atoms with E-state index in [1.165, 1.54) is 18.5 Å². The van der Waals surface area contributed by atoms with Crippen LogP contribution in [0.15, 0.2) is 77.6 Å². The van der Waals surface area contributed by atoms with Gasteiger partial charge < -0.3 is 9.15 Å². The molecule has 3 aromatic heterocycles. The first-order valence-corrected chi connectivity index (χ1v) is 10.5. The zero-order chi connectivity index (χ0) is 21.5. The van der Waals surface area contributed by atoms with Crippen molar-refractivity contribution in [3.05, 3.63) is 79.0 Å². The van der Waals surface area contributed by atoms with E-state index in [4.69, 9.17) is 14.3 Å². The summed E-state index contributed by atoms with van der Waals surface area (Å²) in [6.07, 6.45) is 3.50. The number of nitrogens with zero attached hydrogens (tertiary/aromatic N) is 4. The van der Waals surface area contributed by atoms with Crippen molar-refractivity contribution >= 4 is 11.1 Å². The van der Waals surface area contributed by atoms with E-state index >= 15 is 0 Å². The smallest absolute Gasteiger partial charge is 0.230 e. The first-order valence-electron chi connectivity index (χ1n) is 10.5. The Morgan fingerprint density at radius 2 is 1.75 bits per heavy atom. The van der Waals surface area contributed by atoms with Gasteiger partial charge in [0.2, 0.25) is 5.71 Å². The molecule has 0 saturated carbocycles. The minimum Gasteiger partial charge on any atom is -0.438 e. The van der Waals surface area contributed by atoms with Crippen molar-refractivity contribution in [2.45, 2.75) is 6.54 Å². The lowest BCUT2D eigenvalue weighted by atomic mass is 10.0. The van der Waals surface area contributed by atoms with E-state index in [1.807, 2.05) is 47.3 Å². The van der Waals surface area contributed by atoms with Gasteiger partial charge in [0.15, 0.2) is 0 Å². The van der Waals surface area contributed by atoms with Crippen LogP contribution in [0.25, 0.3) is 44.9 Å². The molecule has 6 nitrogen and oxygen atoms in total. The molecule has 0 bridgehead atoms. The molecule has 0 aliphatic carbocycles. The average Bonchev–Trinajstić information content (AvgIpc) is 3.42. The summed E-state index contributed by atoms with van der Waals surface area (Å²) in [6.45, 7) is 2.23. The maximum Gasteiger partial charge on any atom is 0.230 e. The topological polar surface area (TPSA) is 66.0 Å². The van der Waals surface area contributed by atoms with Gasteiger partial charge in [-0.05, 0) is 30.3 Å². The lowest BCUT2D eigenvalue weighted by molar-refractivity contribution is -0.0408. The summed E-state index contributed by atoms with van der Waals surface area (Å²) in [7, 11) is 0. The summed E-state index contributed by atoms with van der Waals surface area (Å²) in [4.78, 5) is 8.93. The Morgan fingerprint density at radius 3 is 2.50 bits per heavy atom. The van der Waals surface area contributed by atoms with E-state index in [1.54, 1.807) is 12.1 Å². The van der Waals surface area contributed by atoms with Gasteiger partial charge in [0, 0.05) is 35.3 Å². The molecule has 0 atom stereocenters. The van der Waals surface area contributed by atoms with Gasteiger partial charge >= 0.3 is 0 Å². The van der Waals surface area contributed by atoms with Crippen molar-refractivity contribution in [3.8, 4) is 33.8 Å². The van der Waals surface area contributed by atoms with E-state index in [2.05, 4.69) is 9.97 Å². The first-order chi connectivity index (χ1) is 15.7. The number of benzene rings is 2. The summed E-state index contributed by atoms with van der Waals surface area (Å²) < 4.78 is 26.8. The van der Waals surface area contributed by atoms with Gasteiger partial charge in [-0.2, -0.15) is 5.10 Å². The lowest BCUT2D eigenvalue weighted by Crippen LogP contribution is -2.31. The summed E-state index contributed by atoms with van der Waals surface area (Å²) in [6, 6.07) is 18.2. The van der Waals surface area contributed by atoms with Gasteiger partial charge in [-0.3, -0.25) is 4.68 Å². The van der Waals surface area contributed by atoms with E-state index in [0.29, 0.717) is 11.6 Å². The quantitative estimate of drug-likeness (QED) is 0.386. The van der Waals surface area contributed by atoms with Crippen LogP contribution in [-0.4, -0.2) is 33.0 Å². The normalized spacial score (nSPS) is 14.0. The van der Waals surface area contributed by atoms with E-state index in [-0.39, 0.29) is 5.82 Å². The fraction of sp³-hybridized carbons (Fsp3) is 0.160. The predicted molar refractivity (Wildman–Crippen MR) is 118 cm³/mol. The molecular formula is C25H19FN4O2. The van der Waals surface area contributed by atoms with Gasteiger partial charge in [-0.15, -0.1) is 0 Å². The third kappa shape index (κ3) is 3.36. The van der Waals surface area contributed by atoms with Gasteiger partial charge in [-0.25, -0.2) is 14.4 Å². The van der Waals surface area contributed by atoms with Crippen LogP contribution >= 0.6 is 0 Å². The molecule has 0 amide bonds. The third-order valence-electron chi connectivity index (χ3n) is 5.67. The molecule has 0 spiro atoms. The highest BCUT2D eigenvalue weighted by molar-refractivity contribution is 5.95. The molecular weight excluding hydrogens is 407 g/mol. The van der Waals surface area contributed by atoms with Gasteiger partial charge in [0.1, 0.15) is 23.6 Å². The van der Waals surface area contributed by atoms with E-state index in [0.717, 1.165) is 59.0 Å². The molecule has 7 heteroatoms. The highest BCUT2D eigenvalue weighted by Crippen LogP contribution is 2.36. The Morgan fingerprint density at radius 1 is 0.938 bits per heavy atom. The summed E-state index contributed by atoms with van der Waals surface area (Å²) in [5.74, 6) is 0.880. The maximum absolute atomic E-state index is 13.6. The summed E-state index contributed by atoms with van der Waals surface area (Å²) >= 11 is 0. The standard InChI is InChI=1S/C25H19FN4O2/c26-19-8-6-18(7-9-19)23-21(12-30(29-23)11-16-13-31-14-16)24-20-10-22(17-4-2-1-3-5-17)32-25(20)28-15-27-24/h1-10,12,15-16H,11,13-14H2. The number of hydrogen-bond donors (Lipinski definition) is 0. The highest BCUT2D eigenvalue weighted by atomic mass is 19.1. The molecule has 1 aliphatic heterocycles. The molecule has 0 N–H and O–H groups in total. The molecule has 1 fully saturated rings. The highest BCUT2D eigenvalue weighted by Gasteiger charge is 2.23. The molecule has 0 unspecified atom stereocenters. The fourth-order valence-electron chi connectivity index (χ4n) is 3.98. The Bertz CT molecular complexity index is 1390. The molecule has 5 aromatic rings. The minimum atomic E-state index is -0.284. The summed E-state index contributed by atoms with van der Waals surface area (Å²) in [5.41, 5.74) is 4.63. The summed E-state index contributed by atoms with van der Waals surface area (Å²) in [5, 5.41) is 5.63. The van der Waals surface area contributed by atoms with Crippen LogP contribution in [0.3, 0.4) is 0 Å². The Hall–Kier alpha value is -3.84. The van der Waals surface area contributed by atoms with Crippen molar-refractivity contribution in [3.63, 3.8) is 0 Å². The average molecular weight is 426 g/mol. The predicted octanol–water partition coefficient (Wildman–Crippen LogP) is 5.21. The van der Waals surface area contributed by atoms with E-state index < -0.39 is 0 Å². The first kappa shape index (κ1) is 18.9. The molecule has 32 heavy (non-hydrogen) atoms. The molecule has 2 aromatic carbocycles. The SMILES string of the molecule is Fc1ccc(-c2nn(CC3COC3)cc2-c2ncnc3oc(-c4ccccc4)cc23)cc1. The monoisotopic (exact) mass is 426 g/mol. The molecule has 158 valence electrons. The van der Waals surface area contributed by atoms with Crippen LogP contribution in [0.1, 0.15) is 0 Å². The Labute approximate surface area is 183 Å². The van der Waals surface area contributed by atoms with E-state index in [9.17, 15) is 4.39 Å². The number of ether oxygens (including phenoxy) is 1. The number of furan rings is 1. The van der Waals surface area contributed by atoms with Crippen LogP contribution in [0.2, 0.25) is 0 Å². The molecule has 4 heterocycles. The van der Waals surface area contributed by atoms with Gasteiger partial charge in [-0.1, -0.05) is 30.3 Å². The van der Waals surface area contributed by atoms with Crippen LogP contribution in [0.5, 0.6) is 0 Å². The Balaban J connectivity index is 1.50. The number of rotatable bonds is 5. The molecule has 1 aliphatic rings. The van der Waals surface area contributed by atoms with Crippen LogP contribution in [-0.2, 0) is 11.3 Å². The van der Waals surface area contributed by atoms with Crippen molar-refractivity contribution in [1.82, 2.24) is 19.7 Å². The van der Waals surface area contributed by atoms with Crippen molar-refractivity contribution in [2.24, 2.45) is 5.92 Å². The number of hydrogen-bond acceptors (Lipinski definition) is 5. The second-order valence-corrected chi connectivity index (χ2v) is 7.94. The van der Waals surface area contributed by atoms with Crippen LogP contribution in [0.4, 0.5) is 4.39 Å². The van der Waals surface area contributed by atoms with Gasteiger partial charge in [0.05, 0.1) is 24.3 Å². The molecule has 1 saturated heterocycles. The second-order valence-electron chi connectivity index (χ2n) is 7.94. The number of fused-ring (bicyclic) bond motifs is 1. The largest absolute Gasteiger partial charge is 0.438 e. The lowest BCUT2D eigenvalue weighted by Gasteiger charge is -2.25.